The van der Waals surface area contributed by atoms with Crippen LogP contribution in [0.3, 0.4) is 0 Å². The van der Waals surface area contributed by atoms with Crippen molar-refractivity contribution in [2.75, 3.05) is 6.61 Å². The summed E-state index contributed by atoms with van der Waals surface area (Å²) in [5, 5.41) is 0. The van der Waals surface area contributed by atoms with Gasteiger partial charge in [0.05, 0.1) is 25.2 Å². The molecule has 1 aromatic rings. The number of hydrogen-bond acceptors (Lipinski definition) is 3. The molecule has 0 aromatic heterocycles. The first-order chi connectivity index (χ1) is 8.16. The van der Waals surface area contributed by atoms with Crippen molar-refractivity contribution in [1.29, 1.82) is 0 Å². The fourth-order valence-corrected chi connectivity index (χ4v) is 2.11. The third kappa shape index (κ3) is 3.07. The molecule has 3 heteroatoms. The first-order valence-corrected chi connectivity index (χ1v) is 6.05. The van der Waals surface area contributed by atoms with Gasteiger partial charge in [-0.15, -0.1) is 0 Å². The topological polar surface area (TPSA) is 35.5 Å². The largest absolute Gasteiger partial charge is 0.463 e. The highest BCUT2D eigenvalue weighted by atomic mass is 16.5. The standard InChI is InChI=1S/C14H18O3/c1-10(2)17-14(15)9-13-12-6-4-3-5-11(12)7-8-16-13/h3-6,10,13H,7-9H2,1-2H3/t13-/m0/s1. The van der Waals surface area contributed by atoms with E-state index in [9.17, 15) is 4.79 Å². The molecule has 0 spiro atoms. The number of fused-ring (bicyclic) bond motifs is 1. The first kappa shape index (κ1) is 12.1. The van der Waals surface area contributed by atoms with Crippen molar-refractivity contribution in [3.05, 3.63) is 35.4 Å². The molecule has 17 heavy (non-hydrogen) atoms. The van der Waals surface area contributed by atoms with Gasteiger partial charge < -0.3 is 9.47 Å². The van der Waals surface area contributed by atoms with E-state index >= 15 is 0 Å². The number of esters is 1. The molecule has 1 atom stereocenters. The van der Waals surface area contributed by atoms with E-state index in [1.165, 1.54) is 5.56 Å². The molecule has 0 radical (unpaired) electrons. The van der Waals surface area contributed by atoms with Gasteiger partial charge in [-0.05, 0) is 31.4 Å². The Kier molecular flexibility index (Phi) is 3.79. The number of ether oxygens (including phenoxy) is 2. The second-order valence-electron chi connectivity index (χ2n) is 4.55. The van der Waals surface area contributed by atoms with Crippen LogP contribution in [-0.2, 0) is 20.7 Å². The molecule has 1 aliphatic rings. The molecule has 0 saturated heterocycles. The maximum absolute atomic E-state index is 11.6. The Balaban J connectivity index is 2.06. The highest BCUT2D eigenvalue weighted by molar-refractivity contribution is 5.70. The molecular formula is C14H18O3. The summed E-state index contributed by atoms with van der Waals surface area (Å²) < 4.78 is 10.8. The maximum Gasteiger partial charge on any atom is 0.309 e. The molecule has 2 rings (SSSR count). The Labute approximate surface area is 102 Å². The van der Waals surface area contributed by atoms with Crippen LogP contribution in [0, 0.1) is 0 Å². The lowest BCUT2D eigenvalue weighted by Crippen LogP contribution is -2.21. The van der Waals surface area contributed by atoms with E-state index in [0.29, 0.717) is 13.0 Å². The van der Waals surface area contributed by atoms with Crippen LogP contribution in [0.5, 0.6) is 0 Å². The molecular weight excluding hydrogens is 216 g/mol. The van der Waals surface area contributed by atoms with Gasteiger partial charge in [0.25, 0.3) is 0 Å². The van der Waals surface area contributed by atoms with E-state index in [-0.39, 0.29) is 18.2 Å². The van der Waals surface area contributed by atoms with Crippen LogP contribution in [0.2, 0.25) is 0 Å². The van der Waals surface area contributed by atoms with Crippen LogP contribution in [0.25, 0.3) is 0 Å². The van der Waals surface area contributed by atoms with Gasteiger partial charge >= 0.3 is 5.97 Å². The van der Waals surface area contributed by atoms with Crippen LogP contribution in [0.4, 0.5) is 0 Å². The van der Waals surface area contributed by atoms with Gasteiger partial charge in [-0.25, -0.2) is 0 Å². The molecule has 0 saturated carbocycles. The van der Waals surface area contributed by atoms with Crippen LogP contribution in [-0.4, -0.2) is 18.7 Å². The third-order valence-electron chi connectivity index (χ3n) is 2.81. The van der Waals surface area contributed by atoms with Crippen LogP contribution < -0.4 is 0 Å². The first-order valence-electron chi connectivity index (χ1n) is 6.05. The van der Waals surface area contributed by atoms with Crippen molar-refractivity contribution >= 4 is 5.97 Å². The Hall–Kier alpha value is -1.35. The fraction of sp³-hybridized carbons (Fsp3) is 0.500. The van der Waals surface area contributed by atoms with Crippen LogP contribution in [0.15, 0.2) is 24.3 Å². The summed E-state index contributed by atoms with van der Waals surface area (Å²) in [5.41, 5.74) is 2.40. The second kappa shape index (κ2) is 5.32. The number of hydrogen-bond donors (Lipinski definition) is 0. The number of benzene rings is 1. The average molecular weight is 234 g/mol. The van der Waals surface area contributed by atoms with Crippen LogP contribution in [0.1, 0.15) is 37.5 Å². The van der Waals surface area contributed by atoms with Gasteiger partial charge in [-0.1, -0.05) is 24.3 Å². The van der Waals surface area contributed by atoms with E-state index in [2.05, 4.69) is 6.07 Å². The van der Waals surface area contributed by atoms with Crippen molar-refractivity contribution < 1.29 is 14.3 Å². The lowest BCUT2D eigenvalue weighted by atomic mass is 9.96. The zero-order chi connectivity index (χ0) is 12.3. The minimum atomic E-state index is -0.193. The quantitative estimate of drug-likeness (QED) is 0.754. The van der Waals surface area contributed by atoms with E-state index in [1.807, 2.05) is 32.0 Å². The molecule has 0 aliphatic carbocycles. The molecule has 1 aromatic carbocycles. The van der Waals surface area contributed by atoms with E-state index in [0.717, 1.165) is 12.0 Å². The van der Waals surface area contributed by atoms with Crippen LogP contribution >= 0.6 is 0 Å². The van der Waals surface area contributed by atoms with Gasteiger partial charge in [-0.2, -0.15) is 0 Å². The summed E-state index contributed by atoms with van der Waals surface area (Å²) >= 11 is 0. The maximum atomic E-state index is 11.6. The van der Waals surface area contributed by atoms with E-state index in [4.69, 9.17) is 9.47 Å². The average Bonchev–Trinajstić information content (AvgIpc) is 2.28. The number of rotatable bonds is 3. The summed E-state index contributed by atoms with van der Waals surface area (Å²) in [7, 11) is 0. The number of carbonyl (C=O) groups excluding carboxylic acids is 1. The molecule has 0 amide bonds. The minimum Gasteiger partial charge on any atom is -0.463 e. The fourth-order valence-electron chi connectivity index (χ4n) is 2.11. The Morgan fingerprint density at radius 1 is 1.47 bits per heavy atom. The normalized spacial score (nSPS) is 18.9. The summed E-state index contributed by atoms with van der Waals surface area (Å²) in [6.07, 6.45) is 1.01. The molecule has 0 unspecified atom stereocenters. The summed E-state index contributed by atoms with van der Waals surface area (Å²) in [6, 6.07) is 8.13. The third-order valence-corrected chi connectivity index (χ3v) is 2.81. The van der Waals surface area contributed by atoms with Crippen molar-refractivity contribution in [3.8, 4) is 0 Å². The Morgan fingerprint density at radius 3 is 3.00 bits per heavy atom. The lowest BCUT2D eigenvalue weighted by Gasteiger charge is -2.25. The molecule has 1 heterocycles. The summed E-state index contributed by atoms with van der Waals surface area (Å²) in [6.45, 7) is 4.39. The van der Waals surface area contributed by atoms with Gasteiger partial charge in [-0.3, -0.25) is 4.79 Å². The van der Waals surface area contributed by atoms with Crippen molar-refractivity contribution in [3.63, 3.8) is 0 Å². The second-order valence-corrected chi connectivity index (χ2v) is 4.55. The number of carbonyl (C=O) groups is 1. The molecule has 3 nitrogen and oxygen atoms in total. The van der Waals surface area contributed by atoms with E-state index in [1.54, 1.807) is 0 Å². The van der Waals surface area contributed by atoms with E-state index < -0.39 is 0 Å². The molecule has 1 aliphatic heterocycles. The zero-order valence-corrected chi connectivity index (χ0v) is 10.3. The predicted octanol–water partition coefficient (Wildman–Crippen LogP) is 2.64. The van der Waals surface area contributed by atoms with Gasteiger partial charge in [0.1, 0.15) is 0 Å². The highest BCUT2D eigenvalue weighted by Gasteiger charge is 2.23. The van der Waals surface area contributed by atoms with Crippen molar-refractivity contribution in [1.82, 2.24) is 0 Å². The van der Waals surface area contributed by atoms with Gasteiger partial charge in [0.15, 0.2) is 0 Å². The Morgan fingerprint density at radius 2 is 2.24 bits per heavy atom. The molecule has 0 fully saturated rings. The SMILES string of the molecule is CC(C)OC(=O)C[C@@H]1OCCc2ccccc21. The van der Waals surface area contributed by atoms with Crippen molar-refractivity contribution in [2.24, 2.45) is 0 Å². The Bertz CT molecular complexity index is 398. The molecule has 92 valence electrons. The zero-order valence-electron chi connectivity index (χ0n) is 10.3. The minimum absolute atomic E-state index is 0.0682. The molecule has 0 bridgehead atoms. The lowest BCUT2D eigenvalue weighted by molar-refractivity contribution is -0.151. The highest BCUT2D eigenvalue weighted by Crippen LogP contribution is 2.29. The smallest absolute Gasteiger partial charge is 0.309 e. The van der Waals surface area contributed by atoms with Gasteiger partial charge in [0, 0.05) is 0 Å². The summed E-state index contributed by atoms with van der Waals surface area (Å²) in [4.78, 5) is 11.6. The summed E-state index contributed by atoms with van der Waals surface area (Å²) in [5.74, 6) is -0.193. The van der Waals surface area contributed by atoms with Gasteiger partial charge in [0.2, 0.25) is 0 Å². The molecule has 0 N–H and O–H groups in total. The monoisotopic (exact) mass is 234 g/mol. The predicted molar refractivity (Wildman–Crippen MR) is 64.7 cm³/mol. The van der Waals surface area contributed by atoms with Crippen molar-refractivity contribution in [2.45, 2.75) is 38.9 Å².